The average molecular weight is 403 g/mol. The van der Waals surface area contributed by atoms with Gasteiger partial charge < -0.3 is 9.84 Å². The summed E-state index contributed by atoms with van der Waals surface area (Å²) in [5.41, 5.74) is 7.84. The van der Waals surface area contributed by atoms with Crippen LogP contribution in [0, 0.1) is 25.7 Å². The second-order valence-corrected chi connectivity index (χ2v) is 9.42. The van der Waals surface area contributed by atoms with Crippen LogP contribution >= 0.6 is 0 Å². The fourth-order valence-corrected chi connectivity index (χ4v) is 5.52. The molecule has 0 spiro atoms. The molecule has 2 fully saturated rings. The van der Waals surface area contributed by atoms with Crippen molar-refractivity contribution in [2.45, 2.75) is 58.3 Å². The number of fused-ring (bicyclic) bond motifs is 3. The predicted molar refractivity (Wildman–Crippen MR) is 120 cm³/mol. The Morgan fingerprint density at radius 1 is 1.03 bits per heavy atom. The van der Waals surface area contributed by atoms with Gasteiger partial charge in [-0.3, -0.25) is 0 Å². The van der Waals surface area contributed by atoms with E-state index in [-0.39, 0.29) is 0 Å². The Labute approximate surface area is 178 Å². The van der Waals surface area contributed by atoms with Crippen molar-refractivity contribution in [2.75, 3.05) is 6.61 Å². The molecule has 0 bridgehead atoms. The van der Waals surface area contributed by atoms with Gasteiger partial charge in [0, 0.05) is 17.1 Å². The van der Waals surface area contributed by atoms with Gasteiger partial charge in [-0.1, -0.05) is 49.1 Å². The van der Waals surface area contributed by atoms with Crippen LogP contribution in [0.25, 0.3) is 11.3 Å². The summed E-state index contributed by atoms with van der Waals surface area (Å²) in [6.45, 7) is 5.00. The van der Waals surface area contributed by atoms with Crippen LogP contribution in [0.1, 0.15) is 82.6 Å². The van der Waals surface area contributed by atoms with Gasteiger partial charge in [0.1, 0.15) is 5.76 Å². The fourth-order valence-electron chi connectivity index (χ4n) is 5.52. The van der Waals surface area contributed by atoms with Crippen LogP contribution < -0.4 is 0 Å². The SMILES string of the molecule is Cc1ccc2c(c1)[C@@H]1CC1CO/C2=C(\c1ccc(C(=O)O)cc1C)C1CCCCC1. The first-order chi connectivity index (χ1) is 14.5. The average Bonchev–Trinajstić information content (AvgIpc) is 3.53. The molecule has 1 heterocycles. The van der Waals surface area contributed by atoms with Crippen molar-refractivity contribution in [1.82, 2.24) is 0 Å². The summed E-state index contributed by atoms with van der Waals surface area (Å²) in [6, 6.07) is 12.4. The van der Waals surface area contributed by atoms with Crippen LogP contribution in [-0.2, 0) is 4.74 Å². The van der Waals surface area contributed by atoms with E-state index in [1.165, 1.54) is 60.8 Å². The molecule has 2 saturated carbocycles. The summed E-state index contributed by atoms with van der Waals surface area (Å²) in [5.74, 6) is 1.90. The highest BCUT2D eigenvalue weighted by Crippen LogP contribution is 2.54. The van der Waals surface area contributed by atoms with Crippen molar-refractivity contribution in [2.24, 2.45) is 11.8 Å². The van der Waals surface area contributed by atoms with Crippen molar-refractivity contribution >= 4 is 17.3 Å². The number of carboxylic acids is 1. The molecule has 3 aliphatic rings. The standard InChI is InChI=1S/C27H30O3/c1-16-8-10-22-24(12-16)23-14-20(23)15-30-26(22)25(18-6-4-3-5-7-18)21-11-9-19(27(28)29)13-17(21)2/h8-13,18,20,23H,3-7,14-15H2,1-2H3,(H,28,29)/b26-25-/t20?,23-/m1/s1. The molecular formula is C27H30O3. The zero-order valence-electron chi connectivity index (χ0n) is 17.9. The van der Waals surface area contributed by atoms with E-state index in [1.54, 1.807) is 6.07 Å². The molecule has 30 heavy (non-hydrogen) atoms. The summed E-state index contributed by atoms with van der Waals surface area (Å²) < 4.78 is 6.59. The molecule has 0 radical (unpaired) electrons. The number of aryl methyl sites for hydroxylation is 2. The number of hydrogen-bond acceptors (Lipinski definition) is 2. The molecule has 2 aliphatic carbocycles. The maximum Gasteiger partial charge on any atom is 0.335 e. The summed E-state index contributed by atoms with van der Waals surface area (Å²) in [7, 11) is 0. The quantitative estimate of drug-likeness (QED) is 0.630. The maximum absolute atomic E-state index is 11.5. The van der Waals surface area contributed by atoms with E-state index in [9.17, 15) is 9.90 Å². The highest BCUT2D eigenvalue weighted by Gasteiger charge is 2.43. The Morgan fingerprint density at radius 3 is 2.57 bits per heavy atom. The first kappa shape index (κ1) is 19.4. The van der Waals surface area contributed by atoms with Gasteiger partial charge in [0.15, 0.2) is 0 Å². The van der Waals surface area contributed by atoms with Crippen LogP contribution in [0.3, 0.4) is 0 Å². The molecule has 1 N–H and O–H groups in total. The summed E-state index contributed by atoms with van der Waals surface area (Å²) in [6.07, 6.45) is 7.39. The van der Waals surface area contributed by atoms with Gasteiger partial charge in [0.2, 0.25) is 0 Å². The Hall–Kier alpha value is -2.55. The zero-order valence-corrected chi connectivity index (χ0v) is 17.9. The third kappa shape index (κ3) is 3.45. The monoisotopic (exact) mass is 402 g/mol. The van der Waals surface area contributed by atoms with E-state index < -0.39 is 5.97 Å². The lowest BCUT2D eigenvalue weighted by Gasteiger charge is -2.29. The van der Waals surface area contributed by atoms with E-state index in [0.717, 1.165) is 23.5 Å². The minimum Gasteiger partial charge on any atom is -0.492 e. The van der Waals surface area contributed by atoms with E-state index in [4.69, 9.17) is 4.74 Å². The minimum atomic E-state index is -0.872. The van der Waals surface area contributed by atoms with Gasteiger partial charge in [-0.25, -0.2) is 4.79 Å². The van der Waals surface area contributed by atoms with Crippen LogP contribution in [0.5, 0.6) is 0 Å². The van der Waals surface area contributed by atoms with Crippen molar-refractivity contribution in [1.29, 1.82) is 0 Å². The maximum atomic E-state index is 11.5. The Kier molecular flexibility index (Phi) is 4.92. The van der Waals surface area contributed by atoms with Crippen LogP contribution in [0.15, 0.2) is 36.4 Å². The molecule has 2 aromatic rings. The molecule has 0 aromatic heterocycles. The molecular weight excluding hydrogens is 372 g/mol. The second kappa shape index (κ2) is 7.61. The topological polar surface area (TPSA) is 46.5 Å². The highest BCUT2D eigenvalue weighted by molar-refractivity contribution is 5.93. The summed E-state index contributed by atoms with van der Waals surface area (Å²) in [5, 5.41) is 9.43. The first-order valence-corrected chi connectivity index (χ1v) is 11.3. The number of hydrogen-bond donors (Lipinski definition) is 1. The first-order valence-electron chi connectivity index (χ1n) is 11.3. The third-order valence-electron chi connectivity index (χ3n) is 7.24. The van der Waals surface area contributed by atoms with E-state index >= 15 is 0 Å². The molecule has 3 nitrogen and oxygen atoms in total. The number of carboxylic acid groups (broad SMARTS) is 1. The highest BCUT2D eigenvalue weighted by atomic mass is 16.5. The van der Waals surface area contributed by atoms with Gasteiger partial charge in [0.25, 0.3) is 0 Å². The molecule has 156 valence electrons. The molecule has 0 amide bonds. The number of allylic oxidation sites excluding steroid dienone is 1. The molecule has 3 heteroatoms. The van der Waals surface area contributed by atoms with Gasteiger partial charge >= 0.3 is 5.97 Å². The van der Waals surface area contributed by atoms with Crippen molar-refractivity contribution in [3.05, 3.63) is 69.8 Å². The lowest BCUT2D eigenvalue weighted by atomic mass is 9.78. The van der Waals surface area contributed by atoms with Gasteiger partial charge in [-0.2, -0.15) is 0 Å². The van der Waals surface area contributed by atoms with Crippen molar-refractivity contribution in [3.63, 3.8) is 0 Å². The third-order valence-corrected chi connectivity index (χ3v) is 7.24. The van der Waals surface area contributed by atoms with Gasteiger partial charge in [0.05, 0.1) is 12.2 Å². The van der Waals surface area contributed by atoms with Crippen LogP contribution in [-0.4, -0.2) is 17.7 Å². The van der Waals surface area contributed by atoms with Crippen molar-refractivity contribution < 1.29 is 14.6 Å². The smallest absolute Gasteiger partial charge is 0.335 e. The molecule has 1 aliphatic heterocycles. The molecule has 0 saturated heterocycles. The molecule has 2 aromatic carbocycles. The largest absolute Gasteiger partial charge is 0.492 e. The fraction of sp³-hybridized carbons (Fsp3) is 0.444. The van der Waals surface area contributed by atoms with Gasteiger partial charge in [-0.05, 0) is 73.8 Å². The molecule has 1 unspecified atom stereocenters. The second-order valence-electron chi connectivity index (χ2n) is 9.42. The Morgan fingerprint density at radius 2 is 1.83 bits per heavy atom. The number of rotatable bonds is 3. The summed E-state index contributed by atoms with van der Waals surface area (Å²) >= 11 is 0. The molecule has 5 rings (SSSR count). The van der Waals surface area contributed by atoms with Gasteiger partial charge in [-0.15, -0.1) is 0 Å². The van der Waals surface area contributed by atoms with Crippen LogP contribution in [0.2, 0.25) is 0 Å². The molecule has 2 atom stereocenters. The summed E-state index contributed by atoms with van der Waals surface area (Å²) in [4.78, 5) is 11.5. The lowest BCUT2D eigenvalue weighted by molar-refractivity contribution is 0.0696. The number of aromatic carboxylic acids is 1. The van der Waals surface area contributed by atoms with Crippen LogP contribution in [0.4, 0.5) is 0 Å². The predicted octanol–water partition coefficient (Wildman–Crippen LogP) is 6.58. The Balaban J connectivity index is 1.72. The van der Waals surface area contributed by atoms with E-state index in [2.05, 4.69) is 25.1 Å². The number of ether oxygens (including phenoxy) is 1. The lowest BCUT2D eigenvalue weighted by Crippen LogP contribution is -2.13. The minimum absolute atomic E-state index is 0.350. The van der Waals surface area contributed by atoms with E-state index in [0.29, 0.717) is 23.3 Å². The zero-order chi connectivity index (χ0) is 20.8. The van der Waals surface area contributed by atoms with E-state index in [1.807, 2.05) is 19.1 Å². The normalized spacial score (nSPS) is 24.9. The number of carbonyl (C=O) groups is 1. The van der Waals surface area contributed by atoms with Crippen molar-refractivity contribution in [3.8, 4) is 0 Å². The Bertz CT molecular complexity index is 1030. The number of benzene rings is 2.